The van der Waals surface area contributed by atoms with E-state index in [1.54, 1.807) is 18.3 Å². The van der Waals surface area contributed by atoms with Gasteiger partial charge in [0.2, 0.25) is 0 Å². The number of aliphatic imine (C=N–C) groups is 1. The summed E-state index contributed by atoms with van der Waals surface area (Å²) in [6, 6.07) is 9.68. The molecule has 0 aliphatic rings. The molecule has 2 rings (SSSR count). The van der Waals surface area contributed by atoms with Crippen LogP contribution in [-0.4, -0.2) is 13.3 Å². The monoisotopic (exact) mass is 307 g/mol. The summed E-state index contributed by atoms with van der Waals surface area (Å²) in [7, 11) is 1.54. The van der Waals surface area contributed by atoms with Gasteiger partial charge in [-0.1, -0.05) is 40.9 Å². The molecule has 0 aliphatic heterocycles. The van der Waals surface area contributed by atoms with E-state index < -0.39 is 0 Å². The van der Waals surface area contributed by atoms with E-state index in [4.69, 9.17) is 27.9 Å². The Labute approximate surface area is 129 Å². The number of halogens is 2. The summed E-state index contributed by atoms with van der Waals surface area (Å²) in [6.07, 6.45) is 1.74. The number of hydrogen-bond donors (Lipinski definition) is 0. The molecule has 0 radical (unpaired) electrons. The number of aryl methyl sites for hydroxylation is 2. The fourth-order valence-corrected chi connectivity index (χ4v) is 2.60. The van der Waals surface area contributed by atoms with E-state index in [-0.39, 0.29) is 0 Å². The van der Waals surface area contributed by atoms with Crippen LogP contribution in [0.15, 0.2) is 35.3 Å². The quantitative estimate of drug-likeness (QED) is 0.699. The first-order chi connectivity index (χ1) is 9.51. The van der Waals surface area contributed by atoms with Crippen molar-refractivity contribution in [1.82, 2.24) is 0 Å². The van der Waals surface area contributed by atoms with Gasteiger partial charge in [0.05, 0.1) is 22.8 Å². The zero-order chi connectivity index (χ0) is 14.7. The summed E-state index contributed by atoms with van der Waals surface area (Å²) >= 11 is 12.2. The van der Waals surface area contributed by atoms with E-state index in [2.05, 4.69) is 18.0 Å². The first-order valence-electron chi connectivity index (χ1n) is 6.15. The smallest absolute Gasteiger partial charge is 0.156 e. The lowest BCUT2D eigenvalue weighted by Gasteiger charge is -2.06. The molecule has 0 amide bonds. The van der Waals surface area contributed by atoms with Crippen LogP contribution in [0.2, 0.25) is 10.0 Å². The van der Waals surface area contributed by atoms with Gasteiger partial charge in [0.25, 0.3) is 0 Å². The zero-order valence-corrected chi connectivity index (χ0v) is 13.1. The molecule has 0 fully saturated rings. The van der Waals surface area contributed by atoms with Gasteiger partial charge < -0.3 is 4.74 Å². The normalized spacial score (nSPS) is 11.1. The molecule has 2 aromatic rings. The minimum atomic E-state index is 0.474. The highest BCUT2D eigenvalue weighted by atomic mass is 35.5. The van der Waals surface area contributed by atoms with Crippen LogP contribution in [0.5, 0.6) is 5.75 Å². The standard InChI is InChI=1S/C16H15Cl2NO/c1-10-4-5-15(11(2)6-10)19-9-12-7-13(17)16(20-3)14(18)8-12/h4-9H,1-3H3. The summed E-state index contributed by atoms with van der Waals surface area (Å²) in [5.41, 5.74) is 4.11. The van der Waals surface area contributed by atoms with Gasteiger partial charge in [-0.05, 0) is 43.2 Å². The third-order valence-electron chi connectivity index (χ3n) is 2.93. The van der Waals surface area contributed by atoms with E-state index in [0.29, 0.717) is 15.8 Å². The molecule has 0 aliphatic carbocycles. The molecule has 0 spiro atoms. The Morgan fingerprint density at radius 1 is 1.05 bits per heavy atom. The second kappa shape index (κ2) is 6.29. The van der Waals surface area contributed by atoms with Crippen molar-refractivity contribution < 1.29 is 4.74 Å². The maximum atomic E-state index is 6.10. The van der Waals surface area contributed by atoms with Crippen LogP contribution in [0.25, 0.3) is 0 Å². The molecule has 0 bridgehead atoms. The Bertz CT molecular complexity index is 643. The van der Waals surface area contributed by atoms with Crippen molar-refractivity contribution in [2.45, 2.75) is 13.8 Å². The molecule has 104 valence electrons. The van der Waals surface area contributed by atoms with Gasteiger partial charge in [-0.25, -0.2) is 0 Å². The second-order valence-corrected chi connectivity index (χ2v) is 5.38. The molecule has 0 saturated carbocycles. The molecule has 2 nitrogen and oxygen atoms in total. The Morgan fingerprint density at radius 3 is 2.25 bits per heavy atom. The average molecular weight is 308 g/mol. The number of nitrogens with zero attached hydrogens (tertiary/aromatic N) is 1. The van der Waals surface area contributed by atoms with Gasteiger partial charge in [0.1, 0.15) is 0 Å². The lowest BCUT2D eigenvalue weighted by Crippen LogP contribution is -1.89. The molecule has 4 heteroatoms. The first kappa shape index (κ1) is 14.9. The Kier molecular flexibility index (Phi) is 4.69. The van der Waals surface area contributed by atoms with Crippen LogP contribution in [-0.2, 0) is 0 Å². The topological polar surface area (TPSA) is 21.6 Å². The molecule has 0 heterocycles. The van der Waals surface area contributed by atoms with Gasteiger partial charge in [-0.15, -0.1) is 0 Å². The predicted molar refractivity (Wildman–Crippen MR) is 86.2 cm³/mol. The van der Waals surface area contributed by atoms with Crippen molar-refractivity contribution in [3.63, 3.8) is 0 Å². The number of rotatable bonds is 3. The third-order valence-corrected chi connectivity index (χ3v) is 3.49. The molecule has 2 aromatic carbocycles. The number of benzene rings is 2. The van der Waals surface area contributed by atoms with Crippen molar-refractivity contribution in [2.75, 3.05) is 7.11 Å². The van der Waals surface area contributed by atoms with Gasteiger partial charge in [0.15, 0.2) is 5.75 Å². The minimum absolute atomic E-state index is 0.474. The average Bonchev–Trinajstić information content (AvgIpc) is 2.37. The fraction of sp³-hybridized carbons (Fsp3) is 0.188. The van der Waals surface area contributed by atoms with Gasteiger partial charge in [-0.3, -0.25) is 4.99 Å². The number of hydrogen-bond acceptors (Lipinski definition) is 2. The number of ether oxygens (including phenoxy) is 1. The maximum Gasteiger partial charge on any atom is 0.156 e. The fourth-order valence-electron chi connectivity index (χ4n) is 1.94. The largest absolute Gasteiger partial charge is 0.494 e. The second-order valence-electron chi connectivity index (χ2n) is 4.57. The summed E-state index contributed by atoms with van der Waals surface area (Å²) < 4.78 is 5.12. The third kappa shape index (κ3) is 3.33. The molecule has 0 unspecified atom stereocenters. The Morgan fingerprint density at radius 2 is 1.70 bits per heavy atom. The van der Waals surface area contributed by atoms with E-state index in [1.165, 1.54) is 12.7 Å². The zero-order valence-electron chi connectivity index (χ0n) is 11.6. The van der Waals surface area contributed by atoms with Crippen LogP contribution in [0.1, 0.15) is 16.7 Å². The summed E-state index contributed by atoms with van der Waals surface area (Å²) in [6.45, 7) is 4.09. The van der Waals surface area contributed by atoms with Crippen molar-refractivity contribution >= 4 is 35.1 Å². The highest BCUT2D eigenvalue weighted by Gasteiger charge is 2.07. The summed E-state index contributed by atoms with van der Waals surface area (Å²) in [5.74, 6) is 0.483. The van der Waals surface area contributed by atoms with Gasteiger partial charge in [-0.2, -0.15) is 0 Å². The van der Waals surface area contributed by atoms with E-state index >= 15 is 0 Å². The molecular formula is C16H15Cl2NO. The summed E-state index contributed by atoms with van der Waals surface area (Å²) in [4.78, 5) is 4.47. The Hall–Kier alpha value is -1.51. The lowest BCUT2D eigenvalue weighted by molar-refractivity contribution is 0.415. The van der Waals surface area contributed by atoms with Gasteiger partial charge in [0, 0.05) is 6.21 Å². The highest BCUT2D eigenvalue weighted by molar-refractivity contribution is 6.37. The van der Waals surface area contributed by atoms with Gasteiger partial charge >= 0.3 is 0 Å². The molecular weight excluding hydrogens is 293 g/mol. The predicted octanol–water partition coefficient (Wildman–Crippen LogP) is 5.37. The Balaban J connectivity index is 2.32. The van der Waals surface area contributed by atoms with Crippen molar-refractivity contribution in [2.24, 2.45) is 4.99 Å². The van der Waals surface area contributed by atoms with Crippen LogP contribution in [0, 0.1) is 13.8 Å². The van der Waals surface area contributed by atoms with E-state index in [9.17, 15) is 0 Å². The van der Waals surface area contributed by atoms with E-state index in [1.807, 2.05) is 19.1 Å². The highest BCUT2D eigenvalue weighted by Crippen LogP contribution is 2.33. The van der Waals surface area contributed by atoms with Crippen molar-refractivity contribution in [3.8, 4) is 5.75 Å². The van der Waals surface area contributed by atoms with Crippen molar-refractivity contribution in [1.29, 1.82) is 0 Å². The maximum absolute atomic E-state index is 6.10. The first-order valence-corrected chi connectivity index (χ1v) is 6.91. The molecule has 0 N–H and O–H groups in total. The molecule has 0 aromatic heterocycles. The lowest BCUT2D eigenvalue weighted by atomic mass is 10.1. The molecule has 0 saturated heterocycles. The van der Waals surface area contributed by atoms with E-state index in [0.717, 1.165) is 16.8 Å². The molecule has 0 atom stereocenters. The van der Waals surface area contributed by atoms with Crippen molar-refractivity contribution in [3.05, 3.63) is 57.1 Å². The molecule has 20 heavy (non-hydrogen) atoms. The SMILES string of the molecule is COc1c(Cl)cc(C=Nc2ccc(C)cc2C)cc1Cl. The number of methoxy groups -OCH3 is 1. The van der Waals surface area contributed by atoms with Crippen LogP contribution < -0.4 is 4.74 Å². The van der Waals surface area contributed by atoms with Crippen LogP contribution in [0.3, 0.4) is 0 Å². The minimum Gasteiger partial charge on any atom is -0.494 e. The van der Waals surface area contributed by atoms with Crippen LogP contribution in [0.4, 0.5) is 5.69 Å². The summed E-state index contributed by atoms with van der Waals surface area (Å²) in [5, 5.41) is 0.948. The van der Waals surface area contributed by atoms with Crippen LogP contribution >= 0.6 is 23.2 Å².